The Labute approximate surface area is 286 Å². The van der Waals surface area contributed by atoms with E-state index in [-0.39, 0.29) is 10.9 Å². The van der Waals surface area contributed by atoms with Gasteiger partial charge in [0.15, 0.2) is 0 Å². The van der Waals surface area contributed by atoms with Crippen molar-refractivity contribution in [2.45, 2.75) is 11.8 Å². The maximum atomic E-state index is 14.8. The van der Waals surface area contributed by atoms with Gasteiger partial charge in [-0.05, 0) is 102 Å². The number of halogens is 2. The molecule has 0 saturated heterocycles. The number of sulfonamides is 1. The average molecular weight is 726 g/mol. The Morgan fingerprint density at radius 2 is 1.44 bits per heavy atom. The van der Waals surface area contributed by atoms with E-state index in [4.69, 9.17) is 14.5 Å². The van der Waals surface area contributed by atoms with Crippen molar-refractivity contribution in [3.05, 3.63) is 137 Å². The molecular formula is C37H30BrFN4O4S. The number of anilines is 3. The second-order valence-electron chi connectivity index (χ2n) is 10.7. The van der Waals surface area contributed by atoms with Crippen molar-refractivity contribution in [2.75, 3.05) is 24.4 Å². The van der Waals surface area contributed by atoms with Crippen LogP contribution in [0.1, 0.15) is 5.56 Å². The lowest BCUT2D eigenvalue weighted by atomic mass is 10.1. The fraction of sp³-hybridized carbons (Fsp3) is 0.0811. The van der Waals surface area contributed by atoms with Crippen molar-refractivity contribution in [3.8, 4) is 22.8 Å². The summed E-state index contributed by atoms with van der Waals surface area (Å²) in [5.41, 5.74) is 3.23. The van der Waals surface area contributed by atoms with E-state index in [9.17, 15) is 12.8 Å². The number of aromatic nitrogens is 1. The Morgan fingerprint density at radius 3 is 2.06 bits per heavy atom. The van der Waals surface area contributed by atoms with E-state index in [1.54, 1.807) is 85.8 Å². The molecule has 6 aromatic rings. The highest BCUT2D eigenvalue weighted by Gasteiger charge is 2.27. The van der Waals surface area contributed by atoms with Gasteiger partial charge in [-0.1, -0.05) is 48.0 Å². The number of rotatable bonds is 8. The molecule has 0 aliphatic rings. The molecule has 6 rings (SSSR count). The number of guanidine groups is 1. The van der Waals surface area contributed by atoms with Crippen LogP contribution in [0.15, 0.2) is 135 Å². The van der Waals surface area contributed by atoms with Crippen LogP contribution in [0.4, 0.5) is 21.6 Å². The molecule has 0 bridgehead atoms. The molecule has 0 radical (unpaired) electrons. The molecule has 242 valence electrons. The van der Waals surface area contributed by atoms with E-state index in [0.717, 1.165) is 11.1 Å². The SMILES string of the molecule is COc1ccc(N/C(=N/S(=O)(=O)c2ccc(C)cc2)N(c2ccc(OC)cc2)c2nc(-c3ccccc3)c(Br)c3cc(F)ccc23)cc1. The fourth-order valence-corrected chi connectivity index (χ4v) is 6.66. The summed E-state index contributed by atoms with van der Waals surface area (Å²) in [4.78, 5) is 6.73. The molecule has 0 spiro atoms. The Balaban J connectivity index is 1.67. The average Bonchev–Trinajstić information content (AvgIpc) is 3.10. The lowest BCUT2D eigenvalue weighted by Crippen LogP contribution is -2.34. The molecule has 0 atom stereocenters. The molecular weight excluding hydrogens is 695 g/mol. The van der Waals surface area contributed by atoms with Gasteiger partial charge in [-0.15, -0.1) is 4.40 Å². The van der Waals surface area contributed by atoms with Crippen LogP contribution in [0.2, 0.25) is 0 Å². The van der Waals surface area contributed by atoms with Crippen LogP contribution in [-0.4, -0.2) is 33.6 Å². The second kappa shape index (κ2) is 13.8. The minimum absolute atomic E-state index is 0.0116. The molecule has 0 aliphatic heterocycles. The Morgan fingerprint density at radius 1 is 0.812 bits per heavy atom. The van der Waals surface area contributed by atoms with E-state index >= 15 is 0 Å². The normalized spacial score (nSPS) is 11.7. The number of aryl methyl sites for hydroxylation is 1. The zero-order chi connectivity index (χ0) is 33.8. The van der Waals surface area contributed by atoms with Crippen molar-refractivity contribution in [3.63, 3.8) is 0 Å². The molecule has 48 heavy (non-hydrogen) atoms. The molecule has 0 amide bonds. The summed E-state index contributed by atoms with van der Waals surface area (Å²) in [6.45, 7) is 1.87. The highest BCUT2D eigenvalue weighted by atomic mass is 79.9. The van der Waals surface area contributed by atoms with Gasteiger partial charge in [0, 0.05) is 22.0 Å². The molecule has 1 heterocycles. The number of fused-ring (bicyclic) bond motifs is 1. The van der Waals surface area contributed by atoms with E-state index in [2.05, 4.69) is 25.6 Å². The van der Waals surface area contributed by atoms with Crippen molar-refractivity contribution in [1.82, 2.24) is 4.98 Å². The first-order valence-corrected chi connectivity index (χ1v) is 17.0. The number of ether oxygens (including phenoxy) is 2. The molecule has 0 aliphatic carbocycles. The summed E-state index contributed by atoms with van der Waals surface area (Å²) in [5, 5.41) is 4.30. The van der Waals surface area contributed by atoms with Gasteiger partial charge in [0.25, 0.3) is 10.0 Å². The number of methoxy groups -OCH3 is 2. The van der Waals surface area contributed by atoms with Crippen LogP contribution in [0.25, 0.3) is 22.0 Å². The highest BCUT2D eigenvalue weighted by molar-refractivity contribution is 9.10. The van der Waals surface area contributed by atoms with Gasteiger partial charge >= 0.3 is 0 Å². The van der Waals surface area contributed by atoms with Crippen molar-refractivity contribution in [2.24, 2.45) is 4.40 Å². The zero-order valence-corrected chi connectivity index (χ0v) is 28.6. The predicted molar refractivity (Wildman–Crippen MR) is 192 cm³/mol. The van der Waals surface area contributed by atoms with Gasteiger partial charge in [0.1, 0.15) is 23.1 Å². The third-order valence-corrected chi connectivity index (χ3v) is 9.64. The Bertz CT molecular complexity index is 2210. The van der Waals surface area contributed by atoms with Crippen molar-refractivity contribution in [1.29, 1.82) is 0 Å². The number of nitrogens with zero attached hydrogens (tertiary/aromatic N) is 3. The molecule has 0 unspecified atom stereocenters. The van der Waals surface area contributed by atoms with Crippen LogP contribution in [-0.2, 0) is 10.0 Å². The van der Waals surface area contributed by atoms with Gasteiger partial charge in [-0.2, -0.15) is 8.42 Å². The Hall–Kier alpha value is -5.26. The summed E-state index contributed by atoms with van der Waals surface area (Å²) < 4.78 is 58.6. The lowest BCUT2D eigenvalue weighted by molar-refractivity contribution is 0.415. The summed E-state index contributed by atoms with van der Waals surface area (Å²) in [6, 6.07) is 34.3. The monoisotopic (exact) mass is 724 g/mol. The van der Waals surface area contributed by atoms with Crippen LogP contribution in [0.5, 0.6) is 11.5 Å². The van der Waals surface area contributed by atoms with Crippen LogP contribution < -0.4 is 19.7 Å². The molecule has 1 aromatic heterocycles. The van der Waals surface area contributed by atoms with Gasteiger partial charge in [-0.25, -0.2) is 9.37 Å². The topological polar surface area (TPSA) is 93.1 Å². The number of hydrogen-bond acceptors (Lipinski definition) is 5. The first-order valence-electron chi connectivity index (χ1n) is 14.8. The van der Waals surface area contributed by atoms with Gasteiger partial charge < -0.3 is 14.8 Å². The molecule has 0 fully saturated rings. The summed E-state index contributed by atoms with van der Waals surface area (Å²) in [7, 11) is -1.16. The molecule has 1 N–H and O–H groups in total. The van der Waals surface area contributed by atoms with Crippen molar-refractivity contribution >= 4 is 59.9 Å². The molecule has 11 heteroatoms. The zero-order valence-electron chi connectivity index (χ0n) is 26.2. The Kier molecular flexibility index (Phi) is 9.42. The lowest BCUT2D eigenvalue weighted by Gasteiger charge is -2.28. The maximum Gasteiger partial charge on any atom is 0.285 e. The van der Waals surface area contributed by atoms with Crippen LogP contribution in [0, 0.1) is 12.7 Å². The number of nitrogens with one attached hydrogen (secondary N) is 1. The van der Waals surface area contributed by atoms with E-state index in [0.29, 0.717) is 49.6 Å². The first-order chi connectivity index (χ1) is 23.2. The first kappa shape index (κ1) is 32.7. The van der Waals surface area contributed by atoms with Crippen molar-refractivity contribution < 1.29 is 22.3 Å². The smallest absolute Gasteiger partial charge is 0.285 e. The second-order valence-corrected chi connectivity index (χ2v) is 13.1. The minimum Gasteiger partial charge on any atom is -0.497 e. The summed E-state index contributed by atoms with van der Waals surface area (Å²) in [5.74, 6) is 0.991. The number of hydrogen-bond donors (Lipinski definition) is 1. The number of benzene rings is 5. The standard InChI is InChI=1S/C37H30BrFN4O4S/c1-24-9-20-31(21-10-24)48(44,45)42-37(40-27-12-16-29(46-2)17-13-27)43(28-14-18-30(47-3)19-15-28)36-32-22-11-26(39)23-33(32)34(38)35(41-36)25-7-5-4-6-8-25/h4-23H,1-3H3,(H,40,42). The number of pyridine rings is 1. The third-order valence-electron chi connectivity index (χ3n) is 7.56. The minimum atomic E-state index is -4.28. The van der Waals surface area contributed by atoms with E-state index < -0.39 is 15.8 Å². The van der Waals surface area contributed by atoms with E-state index in [1.165, 1.54) is 24.3 Å². The fourth-order valence-electron chi connectivity index (χ4n) is 5.07. The molecule has 8 nitrogen and oxygen atoms in total. The highest BCUT2D eigenvalue weighted by Crippen LogP contribution is 2.41. The van der Waals surface area contributed by atoms with Gasteiger partial charge in [-0.3, -0.25) is 4.90 Å². The maximum absolute atomic E-state index is 14.8. The third kappa shape index (κ3) is 6.87. The summed E-state index contributed by atoms with van der Waals surface area (Å²) >= 11 is 3.68. The van der Waals surface area contributed by atoms with E-state index in [1.807, 2.05) is 37.3 Å². The summed E-state index contributed by atoms with van der Waals surface area (Å²) in [6.07, 6.45) is 0. The largest absolute Gasteiger partial charge is 0.497 e. The van der Waals surface area contributed by atoms with Crippen LogP contribution in [0.3, 0.4) is 0 Å². The molecule has 0 saturated carbocycles. The van der Waals surface area contributed by atoms with Crippen LogP contribution >= 0.6 is 15.9 Å². The van der Waals surface area contributed by atoms with Gasteiger partial charge in [0.2, 0.25) is 5.96 Å². The molecule has 5 aromatic carbocycles. The predicted octanol–water partition coefficient (Wildman–Crippen LogP) is 9.12. The quantitative estimate of drug-likeness (QED) is 0.124. The van der Waals surface area contributed by atoms with Gasteiger partial charge in [0.05, 0.1) is 35.0 Å².